The first-order valence-electron chi connectivity index (χ1n) is 5.20. The summed E-state index contributed by atoms with van der Waals surface area (Å²) in [5.74, 6) is -1.56. The molecule has 0 aromatic rings. The molecule has 0 aliphatic rings. The largest absolute Gasteiger partial charge is 0.481 e. The highest BCUT2D eigenvalue weighted by molar-refractivity contribution is 5.81. The van der Waals surface area contributed by atoms with Crippen LogP contribution in [0.5, 0.6) is 0 Å². The molecule has 2 amide bonds. The number of hydrogen-bond donors (Lipinski definition) is 3. The van der Waals surface area contributed by atoms with E-state index in [1.807, 2.05) is 0 Å². The second-order valence-electron chi connectivity index (χ2n) is 4.07. The number of ether oxygens (including phenoxy) is 1. The Morgan fingerprint density at radius 2 is 1.88 bits per heavy atom. The van der Waals surface area contributed by atoms with Crippen molar-refractivity contribution in [2.75, 3.05) is 13.2 Å². The number of esters is 1. The summed E-state index contributed by atoms with van der Waals surface area (Å²) < 4.78 is 4.61. The fourth-order valence-electron chi connectivity index (χ4n) is 1.14. The Bertz CT molecular complexity index is 301. The Morgan fingerprint density at radius 1 is 1.29 bits per heavy atom. The summed E-state index contributed by atoms with van der Waals surface area (Å²) in [6.45, 7) is 4.81. The Balaban J connectivity index is 4.01. The van der Waals surface area contributed by atoms with Gasteiger partial charge in [-0.25, -0.2) is 4.79 Å². The Hall–Kier alpha value is -1.79. The van der Waals surface area contributed by atoms with Crippen molar-refractivity contribution >= 4 is 18.0 Å². The molecule has 0 unspecified atom stereocenters. The molecule has 7 heteroatoms. The quantitative estimate of drug-likeness (QED) is 0.576. The number of nitrogens with one attached hydrogen (secondary N) is 2. The summed E-state index contributed by atoms with van der Waals surface area (Å²) in [5.41, 5.74) is -0.884. The van der Waals surface area contributed by atoms with E-state index in [1.54, 1.807) is 20.8 Å². The van der Waals surface area contributed by atoms with Crippen molar-refractivity contribution in [1.82, 2.24) is 10.6 Å². The number of hydrogen-bond acceptors (Lipinski definition) is 4. The van der Waals surface area contributed by atoms with Crippen molar-refractivity contribution in [3.05, 3.63) is 0 Å². The van der Waals surface area contributed by atoms with E-state index in [0.29, 0.717) is 0 Å². The molecule has 7 nitrogen and oxygen atoms in total. The number of carboxylic acid groups (broad SMARTS) is 1. The summed E-state index contributed by atoms with van der Waals surface area (Å²) in [6.07, 6.45) is -0.209. The number of carboxylic acids is 1. The molecule has 0 rings (SSSR count). The second kappa shape index (κ2) is 6.72. The maximum Gasteiger partial charge on any atom is 0.325 e. The first-order chi connectivity index (χ1) is 7.76. The van der Waals surface area contributed by atoms with E-state index in [2.05, 4.69) is 15.4 Å². The first kappa shape index (κ1) is 15.2. The van der Waals surface area contributed by atoms with Crippen LogP contribution in [0.3, 0.4) is 0 Å². The van der Waals surface area contributed by atoms with Crippen LogP contribution in [-0.4, -0.2) is 41.8 Å². The lowest BCUT2D eigenvalue weighted by Crippen LogP contribution is -2.50. The number of rotatable bonds is 6. The molecule has 0 bridgehead atoms. The summed E-state index contributed by atoms with van der Waals surface area (Å²) in [4.78, 5) is 32.8. The average Bonchev–Trinajstić information content (AvgIpc) is 2.12. The van der Waals surface area contributed by atoms with Crippen LogP contribution in [0.4, 0.5) is 4.79 Å². The fraction of sp³-hybridized carbons (Fsp3) is 0.700. The molecular formula is C10H18N2O5. The third kappa shape index (κ3) is 8.06. The van der Waals surface area contributed by atoms with E-state index < -0.39 is 23.5 Å². The molecule has 0 saturated heterocycles. The minimum absolute atomic E-state index is 0.209. The fourth-order valence-corrected chi connectivity index (χ4v) is 1.14. The number of urea groups is 1. The van der Waals surface area contributed by atoms with Gasteiger partial charge in [0.2, 0.25) is 0 Å². The van der Waals surface area contributed by atoms with Gasteiger partial charge in [0.15, 0.2) is 0 Å². The van der Waals surface area contributed by atoms with Crippen LogP contribution in [0.2, 0.25) is 0 Å². The SMILES string of the molecule is CCOC(=O)CNC(=O)NC(C)(C)CC(=O)O. The molecule has 0 aliphatic heterocycles. The molecular weight excluding hydrogens is 228 g/mol. The molecule has 17 heavy (non-hydrogen) atoms. The Morgan fingerprint density at radius 3 is 2.35 bits per heavy atom. The highest BCUT2D eigenvalue weighted by atomic mass is 16.5. The van der Waals surface area contributed by atoms with E-state index in [-0.39, 0.29) is 19.6 Å². The smallest absolute Gasteiger partial charge is 0.325 e. The Labute approximate surface area is 99.5 Å². The molecule has 0 saturated carbocycles. The third-order valence-corrected chi connectivity index (χ3v) is 1.74. The number of carbonyl (C=O) groups is 3. The maximum atomic E-state index is 11.3. The van der Waals surface area contributed by atoms with Crippen molar-refractivity contribution in [2.45, 2.75) is 32.7 Å². The van der Waals surface area contributed by atoms with Gasteiger partial charge in [-0.3, -0.25) is 9.59 Å². The van der Waals surface area contributed by atoms with Crippen LogP contribution in [0.1, 0.15) is 27.2 Å². The molecule has 3 N–H and O–H groups in total. The van der Waals surface area contributed by atoms with Gasteiger partial charge in [0.25, 0.3) is 0 Å². The highest BCUT2D eigenvalue weighted by Crippen LogP contribution is 2.07. The van der Waals surface area contributed by atoms with Crippen LogP contribution in [-0.2, 0) is 14.3 Å². The summed E-state index contributed by atoms with van der Waals surface area (Å²) in [6, 6.07) is -0.607. The molecule has 98 valence electrons. The minimum Gasteiger partial charge on any atom is -0.481 e. The maximum absolute atomic E-state index is 11.3. The van der Waals surface area contributed by atoms with Gasteiger partial charge in [-0.05, 0) is 20.8 Å². The second-order valence-corrected chi connectivity index (χ2v) is 4.07. The predicted molar refractivity (Wildman–Crippen MR) is 59.5 cm³/mol. The lowest BCUT2D eigenvalue weighted by molar-refractivity contribution is -0.142. The molecule has 0 aromatic carbocycles. The molecule has 0 atom stereocenters. The van der Waals surface area contributed by atoms with Crippen LogP contribution < -0.4 is 10.6 Å². The molecule has 0 radical (unpaired) electrons. The van der Waals surface area contributed by atoms with Crippen LogP contribution in [0, 0.1) is 0 Å². The van der Waals surface area contributed by atoms with Crippen LogP contribution in [0.25, 0.3) is 0 Å². The number of amides is 2. The normalized spacial score (nSPS) is 10.5. The van der Waals surface area contributed by atoms with Crippen LogP contribution in [0.15, 0.2) is 0 Å². The van der Waals surface area contributed by atoms with Gasteiger partial charge in [-0.2, -0.15) is 0 Å². The first-order valence-corrected chi connectivity index (χ1v) is 5.20. The summed E-state index contributed by atoms with van der Waals surface area (Å²) >= 11 is 0. The molecule has 0 aliphatic carbocycles. The topological polar surface area (TPSA) is 105 Å². The van der Waals surface area contributed by atoms with Gasteiger partial charge in [0.05, 0.1) is 13.0 Å². The van der Waals surface area contributed by atoms with E-state index in [9.17, 15) is 14.4 Å². The minimum atomic E-state index is -1.01. The third-order valence-electron chi connectivity index (χ3n) is 1.74. The van der Waals surface area contributed by atoms with Crippen molar-refractivity contribution in [2.24, 2.45) is 0 Å². The van der Waals surface area contributed by atoms with E-state index in [4.69, 9.17) is 5.11 Å². The van der Waals surface area contributed by atoms with Gasteiger partial charge in [-0.1, -0.05) is 0 Å². The zero-order valence-corrected chi connectivity index (χ0v) is 10.2. The van der Waals surface area contributed by atoms with Gasteiger partial charge in [-0.15, -0.1) is 0 Å². The molecule has 0 heterocycles. The number of aliphatic carboxylic acids is 1. The summed E-state index contributed by atoms with van der Waals surface area (Å²) in [5, 5.41) is 13.3. The van der Waals surface area contributed by atoms with Gasteiger partial charge >= 0.3 is 18.0 Å². The van der Waals surface area contributed by atoms with Crippen molar-refractivity contribution in [1.29, 1.82) is 0 Å². The molecule has 0 fully saturated rings. The highest BCUT2D eigenvalue weighted by Gasteiger charge is 2.23. The summed E-state index contributed by atoms with van der Waals surface area (Å²) in [7, 11) is 0. The van der Waals surface area contributed by atoms with Gasteiger partial charge in [0, 0.05) is 5.54 Å². The Kier molecular flexibility index (Phi) is 6.01. The van der Waals surface area contributed by atoms with E-state index in [0.717, 1.165) is 0 Å². The standard InChI is InChI=1S/C10H18N2O5/c1-4-17-8(15)6-11-9(16)12-10(2,3)5-7(13)14/h4-6H2,1-3H3,(H,13,14)(H2,11,12,16). The zero-order chi connectivity index (χ0) is 13.5. The number of carbonyl (C=O) groups excluding carboxylic acids is 2. The molecule has 0 spiro atoms. The lowest BCUT2D eigenvalue weighted by Gasteiger charge is -2.24. The zero-order valence-electron chi connectivity index (χ0n) is 10.2. The van der Waals surface area contributed by atoms with Gasteiger partial charge < -0.3 is 20.5 Å². The average molecular weight is 246 g/mol. The van der Waals surface area contributed by atoms with Crippen LogP contribution >= 0.6 is 0 Å². The predicted octanol–water partition coefficient (Wildman–Crippen LogP) is 0.102. The van der Waals surface area contributed by atoms with Crippen molar-refractivity contribution in [3.63, 3.8) is 0 Å². The molecule has 0 aromatic heterocycles. The van der Waals surface area contributed by atoms with Gasteiger partial charge in [0.1, 0.15) is 6.54 Å². The monoisotopic (exact) mass is 246 g/mol. The lowest BCUT2D eigenvalue weighted by atomic mass is 10.0. The van der Waals surface area contributed by atoms with Crippen molar-refractivity contribution < 1.29 is 24.2 Å². The van der Waals surface area contributed by atoms with E-state index in [1.165, 1.54) is 0 Å². The van der Waals surface area contributed by atoms with E-state index >= 15 is 0 Å². The van der Waals surface area contributed by atoms with Crippen molar-refractivity contribution in [3.8, 4) is 0 Å².